The third kappa shape index (κ3) is 23.6. The van der Waals surface area contributed by atoms with Crippen molar-refractivity contribution in [2.45, 2.75) is 389 Å². The number of nitrogens with zero attached hydrogens (tertiary/aromatic N) is 8. The van der Waals surface area contributed by atoms with Crippen LogP contribution in [-0.2, 0) is 25.9 Å². The lowest BCUT2D eigenvalue weighted by molar-refractivity contribution is 0.103. The molecule has 656 valence electrons. The van der Waals surface area contributed by atoms with Crippen molar-refractivity contribution in [2.24, 2.45) is 11.8 Å². The summed E-state index contributed by atoms with van der Waals surface area (Å²) < 4.78 is 26.0. The molecule has 10 aromatic rings. The van der Waals surface area contributed by atoms with Crippen LogP contribution in [0, 0.1) is 57.2 Å². The number of ketones is 2. The van der Waals surface area contributed by atoms with Gasteiger partial charge in [-0.2, -0.15) is 29.8 Å². The van der Waals surface area contributed by atoms with E-state index in [0.717, 1.165) is 107 Å². The predicted octanol–water partition coefficient (Wildman–Crippen LogP) is 36.1. The van der Waals surface area contributed by atoms with Gasteiger partial charge in [-0.1, -0.05) is 356 Å². The predicted molar refractivity (Wildman–Crippen MR) is 538 cm³/mol. The number of carbonyl (C=O) groups excluding carboxylic acids is 2. The Hall–Kier alpha value is -6.38. The van der Waals surface area contributed by atoms with Crippen LogP contribution in [0.15, 0.2) is 67.6 Å². The van der Waals surface area contributed by atoms with E-state index in [1.807, 2.05) is 81.7 Å². The second-order valence-electron chi connectivity index (χ2n) is 36.0. The fourth-order valence-electron chi connectivity index (χ4n) is 20.0. The summed E-state index contributed by atoms with van der Waals surface area (Å²) in [5.41, 5.74) is 13.3. The number of benzene rings is 3. The molecule has 2 unspecified atom stereocenters. The normalized spacial score (nSPS) is 14.1. The summed E-state index contributed by atoms with van der Waals surface area (Å²) >= 11 is 16.3. The van der Waals surface area contributed by atoms with Crippen LogP contribution in [0.1, 0.15) is 415 Å². The van der Waals surface area contributed by atoms with Crippen molar-refractivity contribution >= 4 is 196 Å². The lowest BCUT2D eigenvalue weighted by Crippen LogP contribution is -2.14. The maximum Gasteiger partial charge on any atom is 0.194 e. The molecule has 0 N–H and O–H groups in total. The van der Waals surface area contributed by atoms with Crippen molar-refractivity contribution < 1.29 is 9.59 Å². The minimum atomic E-state index is -0.156. The Kier molecular flexibility index (Phi) is 38.8. The van der Waals surface area contributed by atoms with Gasteiger partial charge in [0.1, 0.15) is 46.5 Å². The fourth-order valence-corrected chi connectivity index (χ4v) is 27.2. The molecule has 0 bridgehead atoms. The molecule has 7 aromatic heterocycles. The number of carbonyl (C=O) groups is 2. The maximum absolute atomic E-state index is 15.3. The highest BCUT2D eigenvalue weighted by molar-refractivity contribution is 9.10. The minimum Gasteiger partial charge on any atom is -0.337 e. The largest absolute Gasteiger partial charge is 0.337 e. The van der Waals surface area contributed by atoms with Crippen molar-refractivity contribution in [3.05, 3.63) is 111 Å². The van der Waals surface area contributed by atoms with E-state index in [1.165, 1.54) is 354 Å². The molecule has 17 heteroatoms. The summed E-state index contributed by atoms with van der Waals surface area (Å²) in [6.07, 6.45) is 67.5. The van der Waals surface area contributed by atoms with Crippen LogP contribution in [0.5, 0.6) is 0 Å². The van der Waals surface area contributed by atoms with Crippen molar-refractivity contribution in [3.63, 3.8) is 0 Å². The van der Waals surface area contributed by atoms with Crippen LogP contribution >= 0.6 is 88.9 Å². The average molecular weight is 1870 g/mol. The first-order valence-corrected chi connectivity index (χ1v) is 54.3. The zero-order chi connectivity index (χ0) is 86.4. The summed E-state index contributed by atoms with van der Waals surface area (Å²) in [4.78, 5) is 32.6. The minimum absolute atomic E-state index is 0.0526. The molecule has 0 aliphatic heterocycles. The summed E-state index contributed by atoms with van der Waals surface area (Å²) in [5, 5.41) is 45.6. The quantitative estimate of drug-likeness (QED) is 0.0206. The molecule has 0 spiro atoms. The molecule has 0 saturated carbocycles. The van der Waals surface area contributed by atoms with Crippen molar-refractivity contribution in [2.75, 3.05) is 0 Å². The van der Waals surface area contributed by atoms with Gasteiger partial charge in [0, 0.05) is 76.0 Å². The number of hydrogen-bond acceptors (Lipinski definition) is 13. The molecule has 2 aliphatic carbocycles. The van der Waals surface area contributed by atoms with Crippen LogP contribution in [0.25, 0.3) is 95.4 Å². The van der Waals surface area contributed by atoms with Crippen molar-refractivity contribution in [1.29, 1.82) is 21.0 Å². The number of thiophene rings is 4. The van der Waals surface area contributed by atoms with Gasteiger partial charge in [-0.05, 0) is 134 Å². The molecule has 123 heavy (non-hydrogen) atoms. The number of unbranched alkanes of at least 4 members (excludes halogenated alkanes) is 40. The van der Waals surface area contributed by atoms with E-state index < -0.39 is 0 Å². The Morgan fingerprint density at radius 1 is 0.358 bits per heavy atom. The van der Waals surface area contributed by atoms with Gasteiger partial charge < -0.3 is 9.13 Å². The number of allylic oxidation sites excluding steroid dienone is 6. The molecule has 7 heterocycles. The molecule has 0 amide bonds. The van der Waals surface area contributed by atoms with Crippen LogP contribution in [0.2, 0.25) is 0 Å². The third-order valence-corrected chi connectivity index (χ3v) is 33.4. The SMILES string of the molecule is CCCCCCCCCCCc1c(/C=C2\C(=O)c3ccc(Br)cc3C2=C(C#N)C#N)sc2c1sc1c3c4nsnc4c4c5sc6c(CCCCCCCCCCC)c(/C=C7\C(=O)c8ccc(Br)cc8C7=C(C#N)C#N)sc6c5n(CC(CCCCCCCC)CCCCCCCCCC)c4c3n(CC(CCCCCCCC)CCCCCCCCCC)c21. The molecule has 10 nitrogen and oxygen atoms in total. The monoisotopic (exact) mass is 1870 g/mol. The number of nitriles is 4. The van der Waals surface area contributed by atoms with Crippen LogP contribution < -0.4 is 0 Å². The first-order chi connectivity index (χ1) is 60.4. The Bertz CT molecular complexity index is 5170. The Labute approximate surface area is 773 Å². The van der Waals surface area contributed by atoms with Gasteiger partial charge in [0.2, 0.25) is 0 Å². The molecule has 0 saturated heterocycles. The number of rotatable bonds is 58. The Morgan fingerprint density at radius 2 is 0.642 bits per heavy atom. The second-order valence-corrected chi connectivity index (χ2v) is 42.5. The number of halogens is 2. The Morgan fingerprint density at radius 3 is 0.935 bits per heavy atom. The number of aromatic nitrogens is 4. The van der Waals surface area contributed by atoms with Crippen LogP contribution in [0.4, 0.5) is 0 Å². The van der Waals surface area contributed by atoms with Gasteiger partial charge in [0.25, 0.3) is 0 Å². The summed E-state index contributed by atoms with van der Waals surface area (Å²) in [6.45, 7) is 15.6. The van der Waals surface area contributed by atoms with Crippen LogP contribution in [-0.4, -0.2) is 29.4 Å². The molecule has 3 aromatic carbocycles. The lowest BCUT2D eigenvalue weighted by Gasteiger charge is -2.22. The van der Waals surface area contributed by atoms with Crippen molar-refractivity contribution in [3.8, 4) is 24.3 Å². The topological polar surface area (TPSA) is 165 Å². The summed E-state index contributed by atoms with van der Waals surface area (Å²) in [5.74, 6) is 0.478. The molecule has 12 rings (SSSR count). The third-order valence-electron chi connectivity index (χ3n) is 26.8. The van der Waals surface area contributed by atoms with E-state index >= 15 is 9.59 Å². The molecule has 2 aliphatic rings. The number of aryl methyl sites for hydroxylation is 2. The second kappa shape index (κ2) is 49.8. The maximum atomic E-state index is 15.3. The van der Waals surface area contributed by atoms with Gasteiger partial charge in [0.05, 0.1) is 62.0 Å². The van der Waals surface area contributed by atoms with E-state index in [1.54, 1.807) is 0 Å². The molecular formula is C106H136Br2N8O2S5. The standard InChI is InChI=1S/C106H136Br2N8O2S5/c1-7-13-19-25-31-35-39-45-51-57-81-87(65-85-89(75(67-109)68-110)83-63-77(107)59-61-79(83)99(85)117)119-105-97-103(121-101(81)105)91-93-94(114-123-113-93)92-96(95(91)115(97)71-73(53-47-41-29-23-17-11-5)55-49-43-37-33-27-21-15-9-3)116(72-74(54-48-42-30-24-18-12-6)56-50-44-38-34-28-22-16-10-4)98-104(92)122-102-82(58-52-46-40-36-32-26-20-14-8-2)88(120-106(98)102)66-86-90(76(69-111)70-112)84-64-78(108)60-62-80(84)100(86)118/h59-66,73-74H,7-58,71-72H2,1-6H3/b85-65-,86-66-. The highest BCUT2D eigenvalue weighted by atomic mass is 79.9. The summed E-state index contributed by atoms with van der Waals surface area (Å²) in [6, 6.07) is 20.2. The average Bonchev–Trinajstić information content (AvgIpc) is 1.50. The van der Waals surface area contributed by atoms with E-state index in [-0.39, 0.29) is 22.7 Å². The Balaban J connectivity index is 1.15. The zero-order valence-electron chi connectivity index (χ0n) is 75.1. The van der Waals surface area contributed by atoms with Gasteiger partial charge in [-0.15, -0.1) is 45.3 Å². The van der Waals surface area contributed by atoms with Crippen LogP contribution in [0.3, 0.4) is 0 Å². The van der Waals surface area contributed by atoms with E-state index in [0.29, 0.717) is 56.4 Å². The number of hydrogen-bond donors (Lipinski definition) is 0. The van der Waals surface area contributed by atoms with Gasteiger partial charge in [-0.25, -0.2) is 0 Å². The van der Waals surface area contributed by atoms with Crippen molar-refractivity contribution in [1.82, 2.24) is 17.9 Å². The number of Topliss-reactive ketones (excluding diaryl/α,β-unsaturated/α-hetero) is 2. The van der Waals surface area contributed by atoms with Gasteiger partial charge in [-0.3, -0.25) is 9.59 Å². The molecular weight excluding hydrogens is 1740 g/mol. The van der Waals surface area contributed by atoms with E-state index in [9.17, 15) is 21.0 Å². The fraction of sp³-hybridized carbons (Fsp3) is 0.585. The summed E-state index contributed by atoms with van der Waals surface area (Å²) in [7, 11) is 0. The zero-order valence-corrected chi connectivity index (χ0v) is 82.4. The highest BCUT2D eigenvalue weighted by Crippen LogP contribution is 2.57. The molecule has 2 atom stereocenters. The van der Waals surface area contributed by atoms with Gasteiger partial charge in [0.15, 0.2) is 11.6 Å². The van der Waals surface area contributed by atoms with Gasteiger partial charge >= 0.3 is 0 Å². The first-order valence-electron chi connectivity index (χ1n) is 48.7. The number of fused-ring (bicyclic) bond motifs is 16. The molecule has 0 radical (unpaired) electrons. The molecule has 0 fully saturated rings. The van der Waals surface area contributed by atoms with E-state index in [4.69, 9.17) is 8.75 Å². The lowest BCUT2D eigenvalue weighted by atomic mass is 9.93. The smallest absolute Gasteiger partial charge is 0.194 e. The first kappa shape index (κ1) is 95.7. The highest BCUT2D eigenvalue weighted by Gasteiger charge is 2.38. The van der Waals surface area contributed by atoms with E-state index in [2.05, 4.69) is 119 Å².